The van der Waals surface area contributed by atoms with Crippen molar-refractivity contribution >= 4 is 15.9 Å². The molecule has 0 bridgehead atoms. The maximum absolute atomic E-state index is 6.19. The first kappa shape index (κ1) is 13.1. The van der Waals surface area contributed by atoms with Gasteiger partial charge in [-0.2, -0.15) is 0 Å². The van der Waals surface area contributed by atoms with E-state index in [2.05, 4.69) is 59.4 Å². The van der Waals surface area contributed by atoms with Gasteiger partial charge in [-0.1, -0.05) is 41.4 Å². The third-order valence-corrected chi connectivity index (χ3v) is 3.80. The highest BCUT2D eigenvalue weighted by atomic mass is 79.9. The fourth-order valence-corrected chi connectivity index (χ4v) is 2.57. The van der Waals surface area contributed by atoms with Crippen LogP contribution >= 0.6 is 15.9 Å². The van der Waals surface area contributed by atoms with Gasteiger partial charge in [-0.15, -0.1) is 0 Å². The summed E-state index contributed by atoms with van der Waals surface area (Å²) < 4.78 is 7.30. The highest BCUT2D eigenvalue weighted by Gasteiger charge is 2.28. The first-order valence-corrected chi connectivity index (χ1v) is 7.14. The van der Waals surface area contributed by atoms with Gasteiger partial charge in [-0.25, -0.2) is 0 Å². The molecule has 1 heterocycles. The second kappa shape index (κ2) is 5.98. The van der Waals surface area contributed by atoms with Crippen molar-refractivity contribution < 1.29 is 4.74 Å². The summed E-state index contributed by atoms with van der Waals surface area (Å²) in [7, 11) is 0. The number of hydrogen-bond donors (Lipinski definition) is 1. The highest BCUT2D eigenvalue weighted by molar-refractivity contribution is 9.10. The third-order valence-electron chi connectivity index (χ3n) is 3.27. The normalized spacial score (nSPS) is 29.2. The van der Waals surface area contributed by atoms with Crippen molar-refractivity contribution in [2.75, 3.05) is 6.54 Å². The lowest BCUT2D eigenvalue weighted by atomic mass is 10.00. The molecule has 0 amide bonds. The lowest BCUT2D eigenvalue weighted by Crippen LogP contribution is -2.46. The Morgan fingerprint density at radius 1 is 1.35 bits per heavy atom. The molecule has 2 rings (SSSR count). The van der Waals surface area contributed by atoms with Crippen LogP contribution in [-0.2, 0) is 4.74 Å². The van der Waals surface area contributed by atoms with E-state index in [0.717, 1.165) is 17.4 Å². The minimum Gasteiger partial charge on any atom is -0.367 e. The maximum atomic E-state index is 6.19. The standard InChI is InChI=1S/C14H20BrNO/c1-3-4-13-9-16-10(2)14(17-13)11-5-7-12(15)8-6-11/h5-8,10,13-14,16H,3-4,9H2,1-2H3. The molecule has 1 aromatic rings. The topological polar surface area (TPSA) is 21.3 Å². The number of morpholine rings is 1. The molecule has 2 nitrogen and oxygen atoms in total. The van der Waals surface area contributed by atoms with Crippen molar-refractivity contribution in [3.8, 4) is 0 Å². The van der Waals surface area contributed by atoms with Gasteiger partial charge in [0.15, 0.2) is 0 Å². The van der Waals surface area contributed by atoms with Crippen molar-refractivity contribution in [2.45, 2.75) is 44.9 Å². The molecule has 1 N–H and O–H groups in total. The minimum absolute atomic E-state index is 0.174. The van der Waals surface area contributed by atoms with Crippen LogP contribution in [0.1, 0.15) is 38.4 Å². The van der Waals surface area contributed by atoms with E-state index < -0.39 is 0 Å². The number of hydrogen-bond acceptors (Lipinski definition) is 2. The monoisotopic (exact) mass is 297 g/mol. The quantitative estimate of drug-likeness (QED) is 0.919. The van der Waals surface area contributed by atoms with Crippen molar-refractivity contribution in [1.29, 1.82) is 0 Å². The number of benzene rings is 1. The Labute approximate surface area is 112 Å². The zero-order valence-corrected chi connectivity index (χ0v) is 12.0. The first-order chi connectivity index (χ1) is 8.20. The number of ether oxygens (including phenoxy) is 1. The molecule has 1 aromatic carbocycles. The van der Waals surface area contributed by atoms with Crippen LogP contribution in [0.4, 0.5) is 0 Å². The minimum atomic E-state index is 0.174. The fourth-order valence-electron chi connectivity index (χ4n) is 2.31. The predicted molar refractivity (Wildman–Crippen MR) is 74.1 cm³/mol. The Bertz CT molecular complexity index is 352. The molecule has 1 aliphatic heterocycles. The number of nitrogens with one attached hydrogen (secondary N) is 1. The summed E-state index contributed by atoms with van der Waals surface area (Å²) in [5.41, 5.74) is 1.26. The molecule has 3 heteroatoms. The largest absolute Gasteiger partial charge is 0.367 e. The van der Waals surface area contributed by atoms with E-state index in [1.165, 1.54) is 12.0 Å². The summed E-state index contributed by atoms with van der Waals surface area (Å²) in [6.45, 7) is 5.37. The Morgan fingerprint density at radius 3 is 2.71 bits per heavy atom. The molecule has 1 fully saturated rings. The molecule has 3 atom stereocenters. The summed E-state index contributed by atoms with van der Waals surface area (Å²) >= 11 is 3.46. The Hall–Kier alpha value is -0.380. The van der Waals surface area contributed by atoms with Gasteiger partial charge in [0.25, 0.3) is 0 Å². The molecule has 0 radical (unpaired) electrons. The molecule has 0 aliphatic carbocycles. The molecule has 17 heavy (non-hydrogen) atoms. The van der Waals surface area contributed by atoms with Crippen molar-refractivity contribution in [3.63, 3.8) is 0 Å². The number of halogens is 1. The maximum Gasteiger partial charge on any atom is 0.0979 e. The van der Waals surface area contributed by atoms with Crippen LogP contribution in [0.5, 0.6) is 0 Å². The second-order valence-electron chi connectivity index (χ2n) is 4.72. The van der Waals surface area contributed by atoms with Crippen molar-refractivity contribution in [2.24, 2.45) is 0 Å². The van der Waals surface area contributed by atoms with Crippen LogP contribution in [0.15, 0.2) is 28.7 Å². The zero-order chi connectivity index (χ0) is 12.3. The van der Waals surface area contributed by atoms with Gasteiger partial charge in [0, 0.05) is 17.1 Å². The SMILES string of the molecule is CCCC1CNC(C)C(c2ccc(Br)cc2)O1. The van der Waals surface area contributed by atoms with E-state index in [1.54, 1.807) is 0 Å². The van der Waals surface area contributed by atoms with Gasteiger partial charge in [0.1, 0.15) is 0 Å². The van der Waals surface area contributed by atoms with Gasteiger partial charge in [-0.05, 0) is 31.0 Å². The molecule has 0 saturated carbocycles. The Balaban J connectivity index is 2.09. The summed E-state index contributed by atoms with van der Waals surface area (Å²) in [4.78, 5) is 0. The van der Waals surface area contributed by atoms with Gasteiger partial charge in [-0.3, -0.25) is 0 Å². The van der Waals surface area contributed by atoms with Crippen LogP contribution in [0.25, 0.3) is 0 Å². The summed E-state index contributed by atoms with van der Waals surface area (Å²) in [5, 5.41) is 3.54. The highest BCUT2D eigenvalue weighted by Crippen LogP contribution is 2.28. The Morgan fingerprint density at radius 2 is 2.06 bits per heavy atom. The van der Waals surface area contributed by atoms with Gasteiger partial charge >= 0.3 is 0 Å². The smallest absolute Gasteiger partial charge is 0.0979 e. The lowest BCUT2D eigenvalue weighted by Gasteiger charge is -2.36. The summed E-state index contributed by atoms with van der Waals surface area (Å²) in [5.74, 6) is 0. The van der Waals surface area contributed by atoms with Crippen LogP contribution in [0.2, 0.25) is 0 Å². The molecular formula is C14H20BrNO. The van der Waals surface area contributed by atoms with Gasteiger partial charge < -0.3 is 10.1 Å². The molecular weight excluding hydrogens is 278 g/mol. The van der Waals surface area contributed by atoms with E-state index in [0.29, 0.717) is 12.1 Å². The zero-order valence-electron chi connectivity index (χ0n) is 10.4. The van der Waals surface area contributed by atoms with Crippen LogP contribution < -0.4 is 5.32 Å². The van der Waals surface area contributed by atoms with Crippen LogP contribution in [-0.4, -0.2) is 18.7 Å². The average molecular weight is 298 g/mol. The molecule has 3 unspecified atom stereocenters. The fraction of sp³-hybridized carbons (Fsp3) is 0.571. The summed E-state index contributed by atoms with van der Waals surface area (Å²) in [6, 6.07) is 8.82. The van der Waals surface area contributed by atoms with Gasteiger partial charge in [0.05, 0.1) is 12.2 Å². The molecule has 1 saturated heterocycles. The van der Waals surface area contributed by atoms with Crippen LogP contribution in [0, 0.1) is 0 Å². The van der Waals surface area contributed by atoms with Gasteiger partial charge in [0.2, 0.25) is 0 Å². The molecule has 0 spiro atoms. The van der Waals surface area contributed by atoms with E-state index in [4.69, 9.17) is 4.74 Å². The Kier molecular flexibility index (Phi) is 4.60. The first-order valence-electron chi connectivity index (χ1n) is 6.35. The second-order valence-corrected chi connectivity index (χ2v) is 5.63. The van der Waals surface area contributed by atoms with E-state index in [9.17, 15) is 0 Å². The van der Waals surface area contributed by atoms with E-state index in [-0.39, 0.29) is 6.10 Å². The predicted octanol–water partition coefficient (Wildman–Crippen LogP) is 3.67. The van der Waals surface area contributed by atoms with Crippen molar-refractivity contribution in [3.05, 3.63) is 34.3 Å². The average Bonchev–Trinajstić information content (AvgIpc) is 2.33. The molecule has 0 aromatic heterocycles. The van der Waals surface area contributed by atoms with Crippen molar-refractivity contribution in [1.82, 2.24) is 5.32 Å². The summed E-state index contributed by atoms with van der Waals surface area (Å²) in [6.07, 6.45) is 2.83. The van der Waals surface area contributed by atoms with E-state index in [1.807, 2.05) is 0 Å². The number of rotatable bonds is 3. The lowest BCUT2D eigenvalue weighted by molar-refractivity contribution is -0.0644. The third kappa shape index (κ3) is 3.30. The molecule has 94 valence electrons. The molecule has 1 aliphatic rings. The van der Waals surface area contributed by atoms with E-state index >= 15 is 0 Å². The van der Waals surface area contributed by atoms with Crippen LogP contribution in [0.3, 0.4) is 0 Å².